The minimum absolute atomic E-state index is 0.322. The Morgan fingerprint density at radius 3 is 2.44 bits per heavy atom. The van der Waals surface area contributed by atoms with E-state index in [4.69, 9.17) is 0 Å². The third kappa shape index (κ3) is 3.72. The summed E-state index contributed by atoms with van der Waals surface area (Å²) in [4.78, 5) is 5.08. The SMILES string of the molecule is CCNC(CC)CN1CCN(C)C(C)(C)C1. The van der Waals surface area contributed by atoms with Crippen molar-refractivity contribution in [3.05, 3.63) is 0 Å². The molecule has 3 nitrogen and oxygen atoms in total. The topological polar surface area (TPSA) is 18.5 Å². The molecule has 1 saturated heterocycles. The molecule has 0 aromatic carbocycles. The fourth-order valence-corrected chi connectivity index (χ4v) is 2.44. The Balaban J connectivity index is 2.43. The van der Waals surface area contributed by atoms with Gasteiger partial charge in [-0.3, -0.25) is 9.80 Å². The van der Waals surface area contributed by atoms with Crippen LogP contribution >= 0.6 is 0 Å². The van der Waals surface area contributed by atoms with E-state index in [1.54, 1.807) is 0 Å². The van der Waals surface area contributed by atoms with Crippen molar-refractivity contribution < 1.29 is 0 Å². The van der Waals surface area contributed by atoms with E-state index in [1.807, 2.05) is 0 Å². The summed E-state index contributed by atoms with van der Waals surface area (Å²) in [5.74, 6) is 0. The fourth-order valence-electron chi connectivity index (χ4n) is 2.44. The van der Waals surface area contributed by atoms with Gasteiger partial charge in [-0.25, -0.2) is 0 Å². The predicted molar refractivity (Wildman–Crippen MR) is 70.9 cm³/mol. The van der Waals surface area contributed by atoms with Crippen LogP contribution in [0, 0.1) is 0 Å². The maximum absolute atomic E-state index is 3.56. The van der Waals surface area contributed by atoms with Crippen LogP contribution in [0.25, 0.3) is 0 Å². The lowest BCUT2D eigenvalue weighted by Gasteiger charge is -2.46. The summed E-state index contributed by atoms with van der Waals surface area (Å²) in [6.07, 6.45) is 1.22. The van der Waals surface area contributed by atoms with Crippen LogP contribution in [0.5, 0.6) is 0 Å². The lowest BCUT2D eigenvalue weighted by atomic mass is 9.99. The molecule has 0 amide bonds. The first-order chi connectivity index (χ1) is 7.49. The number of rotatable bonds is 5. The van der Waals surface area contributed by atoms with E-state index in [2.05, 4.69) is 49.9 Å². The van der Waals surface area contributed by atoms with E-state index < -0.39 is 0 Å². The molecule has 1 N–H and O–H groups in total. The van der Waals surface area contributed by atoms with Crippen molar-refractivity contribution >= 4 is 0 Å². The third-order valence-corrected chi connectivity index (χ3v) is 3.86. The van der Waals surface area contributed by atoms with E-state index in [9.17, 15) is 0 Å². The number of piperazine rings is 1. The van der Waals surface area contributed by atoms with Gasteiger partial charge in [0, 0.05) is 37.8 Å². The summed E-state index contributed by atoms with van der Waals surface area (Å²) in [6, 6.07) is 0.657. The average Bonchev–Trinajstić information content (AvgIpc) is 2.22. The molecular formula is C13H29N3. The molecule has 0 aliphatic carbocycles. The van der Waals surface area contributed by atoms with Gasteiger partial charge in [-0.15, -0.1) is 0 Å². The van der Waals surface area contributed by atoms with Gasteiger partial charge in [-0.2, -0.15) is 0 Å². The lowest BCUT2D eigenvalue weighted by molar-refractivity contribution is 0.0351. The Morgan fingerprint density at radius 2 is 1.94 bits per heavy atom. The second kappa shape index (κ2) is 5.99. The van der Waals surface area contributed by atoms with Crippen LogP contribution in [0.2, 0.25) is 0 Å². The highest BCUT2D eigenvalue weighted by Gasteiger charge is 2.31. The Bertz CT molecular complexity index is 203. The highest BCUT2D eigenvalue weighted by atomic mass is 15.3. The second-order valence-electron chi connectivity index (χ2n) is 5.63. The van der Waals surface area contributed by atoms with Gasteiger partial charge in [-0.1, -0.05) is 13.8 Å². The van der Waals surface area contributed by atoms with Crippen molar-refractivity contribution in [2.24, 2.45) is 0 Å². The van der Waals surface area contributed by atoms with Crippen LogP contribution in [-0.2, 0) is 0 Å². The normalized spacial score (nSPS) is 24.6. The first kappa shape index (κ1) is 13.9. The van der Waals surface area contributed by atoms with Crippen molar-refractivity contribution in [2.75, 3.05) is 39.8 Å². The molecule has 0 spiro atoms. The first-order valence-corrected chi connectivity index (χ1v) is 6.66. The van der Waals surface area contributed by atoms with Crippen molar-refractivity contribution in [1.29, 1.82) is 0 Å². The molecule has 1 aliphatic rings. The molecule has 1 aliphatic heterocycles. The molecule has 1 fully saturated rings. The van der Waals surface area contributed by atoms with Crippen LogP contribution in [0.4, 0.5) is 0 Å². The van der Waals surface area contributed by atoms with E-state index in [1.165, 1.54) is 32.6 Å². The first-order valence-electron chi connectivity index (χ1n) is 6.66. The Labute approximate surface area is 101 Å². The molecule has 1 unspecified atom stereocenters. The number of nitrogens with one attached hydrogen (secondary N) is 1. The zero-order chi connectivity index (χ0) is 12.2. The van der Waals surface area contributed by atoms with Crippen LogP contribution in [0.15, 0.2) is 0 Å². The quantitative estimate of drug-likeness (QED) is 0.766. The molecule has 1 atom stereocenters. The molecule has 0 aromatic rings. The Hall–Kier alpha value is -0.120. The summed E-state index contributed by atoms with van der Waals surface area (Å²) in [7, 11) is 2.24. The summed E-state index contributed by atoms with van der Waals surface area (Å²) in [5, 5.41) is 3.56. The maximum atomic E-state index is 3.56. The molecule has 0 saturated carbocycles. The molecule has 1 rings (SSSR count). The zero-order valence-corrected chi connectivity index (χ0v) is 11.7. The molecule has 1 heterocycles. The van der Waals surface area contributed by atoms with E-state index in [0.717, 1.165) is 6.54 Å². The van der Waals surface area contributed by atoms with Crippen LogP contribution < -0.4 is 5.32 Å². The monoisotopic (exact) mass is 227 g/mol. The van der Waals surface area contributed by atoms with E-state index in [0.29, 0.717) is 11.6 Å². The minimum Gasteiger partial charge on any atom is -0.313 e. The summed E-state index contributed by atoms with van der Waals surface area (Å²) in [5.41, 5.74) is 0.322. The van der Waals surface area contributed by atoms with Gasteiger partial charge in [0.1, 0.15) is 0 Å². The standard InChI is InChI=1S/C13H29N3/c1-6-12(14-7-2)10-16-9-8-15(5)13(3,4)11-16/h12,14H,6-11H2,1-5H3. The van der Waals surface area contributed by atoms with Gasteiger partial charge in [0.2, 0.25) is 0 Å². The largest absolute Gasteiger partial charge is 0.313 e. The van der Waals surface area contributed by atoms with Crippen molar-refractivity contribution in [3.63, 3.8) is 0 Å². The van der Waals surface area contributed by atoms with Gasteiger partial charge in [0.15, 0.2) is 0 Å². The zero-order valence-electron chi connectivity index (χ0n) is 11.7. The Kier molecular flexibility index (Phi) is 5.22. The van der Waals surface area contributed by atoms with Crippen molar-refractivity contribution in [3.8, 4) is 0 Å². The predicted octanol–water partition coefficient (Wildman–Crippen LogP) is 1.40. The van der Waals surface area contributed by atoms with E-state index in [-0.39, 0.29) is 0 Å². The van der Waals surface area contributed by atoms with Gasteiger partial charge < -0.3 is 5.32 Å². The van der Waals surface area contributed by atoms with Gasteiger partial charge in [-0.05, 0) is 33.9 Å². The second-order valence-corrected chi connectivity index (χ2v) is 5.63. The Morgan fingerprint density at radius 1 is 1.25 bits per heavy atom. The number of hydrogen-bond donors (Lipinski definition) is 1. The molecule has 3 heteroatoms. The van der Waals surface area contributed by atoms with Gasteiger partial charge in [0.25, 0.3) is 0 Å². The van der Waals surface area contributed by atoms with Gasteiger partial charge in [0.05, 0.1) is 0 Å². The van der Waals surface area contributed by atoms with Gasteiger partial charge >= 0.3 is 0 Å². The molecule has 16 heavy (non-hydrogen) atoms. The smallest absolute Gasteiger partial charge is 0.0277 e. The number of nitrogens with zero attached hydrogens (tertiary/aromatic N) is 2. The fraction of sp³-hybridized carbons (Fsp3) is 1.00. The van der Waals surface area contributed by atoms with Crippen LogP contribution in [0.3, 0.4) is 0 Å². The summed E-state index contributed by atoms with van der Waals surface area (Å²) < 4.78 is 0. The molecule has 0 radical (unpaired) electrons. The van der Waals surface area contributed by atoms with Crippen LogP contribution in [-0.4, -0.2) is 61.2 Å². The maximum Gasteiger partial charge on any atom is 0.0277 e. The molecule has 0 aromatic heterocycles. The summed E-state index contributed by atoms with van der Waals surface area (Å²) >= 11 is 0. The van der Waals surface area contributed by atoms with Crippen molar-refractivity contribution in [1.82, 2.24) is 15.1 Å². The number of likely N-dealkylation sites (N-methyl/N-ethyl adjacent to an activating group) is 2. The molecule has 96 valence electrons. The minimum atomic E-state index is 0.322. The van der Waals surface area contributed by atoms with Crippen LogP contribution in [0.1, 0.15) is 34.1 Å². The highest BCUT2D eigenvalue weighted by Crippen LogP contribution is 2.18. The summed E-state index contributed by atoms with van der Waals surface area (Å²) in [6.45, 7) is 15.0. The lowest BCUT2D eigenvalue weighted by Crippen LogP contribution is -2.59. The third-order valence-electron chi connectivity index (χ3n) is 3.86. The molecule has 0 bridgehead atoms. The van der Waals surface area contributed by atoms with Crippen molar-refractivity contribution in [2.45, 2.75) is 45.7 Å². The highest BCUT2D eigenvalue weighted by molar-refractivity contribution is 4.89. The number of hydrogen-bond acceptors (Lipinski definition) is 3. The van der Waals surface area contributed by atoms with E-state index >= 15 is 0 Å². The molecular weight excluding hydrogens is 198 g/mol. The average molecular weight is 227 g/mol.